The van der Waals surface area contributed by atoms with Gasteiger partial charge in [-0.1, -0.05) is 161 Å². The van der Waals surface area contributed by atoms with Crippen LogP contribution < -0.4 is 0 Å². The summed E-state index contributed by atoms with van der Waals surface area (Å²) in [5, 5.41) is 72.2. The van der Waals surface area contributed by atoms with Crippen molar-refractivity contribution in [1.29, 1.82) is 0 Å². The van der Waals surface area contributed by atoms with Crippen molar-refractivity contribution in [2.45, 2.75) is 293 Å². The molecule has 2 fully saturated rings. The molecule has 2 saturated heterocycles. The van der Waals surface area contributed by atoms with Gasteiger partial charge in [0.05, 0.1) is 19.8 Å². The third-order valence-electron chi connectivity index (χ3n) is 13.7. The van der Waals surface area contributed by atoms with E-state index in [0.29, 0.717) is 12.8 Å². The molecule has 0 amide bonds. The Morgan fingerprint density at radius 2 is 0.875 bits per heavy atom. The summed E-state index contributed by atoms with van der Waals surface area (Å²) in [7, 11) is 0. The minimum atomic E-state index is -1.77. The molecule has 7 N–H and O–H groups in total. The van der Waals surface area contributed by atoms with Crippen LogP contribution in [0.4, 0.5) is 0 Å². The van der Waals surface area contributed by atoms with E-state index in [1.165, 1.54) is 128 Å². The number of aliphatic hydroxyl groups is 7. The topological polar surface area (TPSA) is 231 Å². The van der Waals surface area contributed by atoms with Crippen molar-refractivity contribution >= 4 is 11.9 Å². The van der Waals surface area contributed by atoms with Crippen molar-refractivity contribution in [3.63, 3.8) is 0 Å². The quantitative estimate of drug-likeness (QED) is 0.0130. The van der Waals surface area contributed by atoms with Crippen molar-refractivity contribution in [2.75, 3.05) is 26.4 Å². The van der Waals surface area contributed by atoms with Gasteiger partial charge in [0.2, 0.25) is 0 Å². The molecule has 15 nitrogen and oxygen atoms in total. The predicted molar refractivity (Wildman–Crippen MR) is 279 cm³/mol. The van der Waals surface area contributed by atoms with E-state index in [9.17, 15) is 45.3 Å². The van der Waals surface area contributed by atoms with Crippen LogP contribution in [-0.4, -0.2) is 142 Å². The summed E-state index contributed by atoms with van der Waals surface area (Å²) in [6.45, 7) is 2.58. The average molecular weight is 1030 g/mol. The zero-order chi connectivity index (χ0) is 52.4. The Kier molecular flexibility index (Phi) is 40.2. The number of unbranched alkanes of at least 4 members (excludes halogenated alkanes) is 27. The molecular formula is C57H102O15. The summed E-state index contributed by atoms with van der Waals surface area (Å²) in [5.74, 6) is -0.939. The van der Waals surface area contributed by atoms with Crippen molar-refractivity contribution in [3.05, 3.63) is 30.0 Å². The monoisotopic (exact) mass is 1030 g/mol. The molecule has 0 bridgehead atoms. The first kappa shape index (κ1) is 65.9. The van der Waals surface area contributed by atoms with Crippen molar-refractivity contribution in [1.82, 2.24) is 0 Å². The molecule has 15 heteroatoms. The fourth-order valence-corrected chi connectivity index (χ4v) is 8.95. The molecule has 0 aromatic carbocycles. The molecule has 4 unspecified atom stereocenters. The Morgan fingerprint density at radius 3 is 1.36 bits per heavy atom. The maximum Gasteiger partial charge on any atom is 0.306 e. The molecule has 0 aromatic rings. The number of rotatable bonds is 45. The Morgan fingerprint density at radius 1 is 0.472 bits per heavy atom. The number of allylic oxidation sites excluding steroid dienone is 3. The molecule has 11 atom stereocenters. The number of carbonyl (C=O) groups is 2. The summed E-state index contributed by atoms with van der Waals surface area (Å²) < 4.78 is 33.6. The smallest absolute Gasteiger partial charge is 0.306 e. The zero-order valence-electron chi connectivity index (χ0n) is 44.7. The lowest BCUT2D eigenvalue weighted by atomic mass is 9.98. The number of aliphatic hydroxyl groups excluding tert-OH is 7. The van der Waals surface area contributed by atoms with Gasteiger partial charge in [-0.25, -0.2) is 0 Å². The van der Waals surface area contributed by atoms with E-state index in [4.69, 9.17) is 28.4 Å². The Bertz CT molecular complexity index is 1400. The third kappa shape index (κ3) is 31.0. The molecule has 2 aliphatic heterocycles. The first-order valence-corrected chi connectivity index (χ1v) is 28.7. The van der Waals surface area contributed by atoms with Gasteiger partial charge in [-0.3, -0.25) is 9.59 Å². The first-order chi connectivity index (χ1) is 35.0. The van der Waals surface area contributed by atoms with Gasteiger partial charge in [-0.05, 0) is 76.4 Å². The zero-order valence-corrected chi connectivity index (χ0v) is 44.7. The predicted octanol–water partition coefficient (Wildman–Crippen LogP) is 9.26. The fourth-order valence-electron chi connectivity index (χ4n) is 8.95. The first-order valence-electron chi connectivity index (χ1n) is 28.7. The second-order valence-corrected chi connectivity index (χ2v) is 20.2. The molecule has 420 valence electrons. The third-order valence-corrected chi connectivity index (χ3v) is 13.7. The van der Waals surface area contributed by atoms with Gasteiger partial charge in [0.15, 0.2) is 18.7 Å². The molecule has 0 aromatic heterocycles. The molecule has 72 heavy (non-hydrogen) atoms. The van der Waals surface area contributed by atoms with Crippen LogP contribution in [0.1, 0.15) is 226 Å². The van der Waals surface area contributed by atoms with Crippen LogP contribution in [-0.2, 0) is 38.0 Å². The standard InChI is InChI=1S/C57H102O15/c1-3-5-7-9-11-13-15-17-19-20-21-22-23-24-26-27-29-31-33-35-37-39-48(59)67-42-45(70-49(60)40-38-36-34-32-30-28-25-18-16-14-12-10-8-6-4-2)43-68-56-55(66)53(64)51(62)47(72-56)44-69-57-54(65)52(63)50(61)46(41-58)71-57/h16-17,19,25,45-47,50-58,61-66H,3-15,20-24,26-44H2,1-2H3/b19-17+/t18?,45-,46+,47+,50-,51-,52?,53?,54?,55?,56+,57+/m0/s1. The van der Waals surface area contributed by atoms with Crippen molar-refractivity contribution < 1.29 is 73.8 Å². The Hall–Kier alpha value is -2.24. The van der Waals surface area contributed by atoms with E-state index >= 15 is 0 Å². The summed E-state index contributed by atoms with van der Waals surface area (Å²) >= 11 is 0. The van der Waals surface area contributed by atoms with Crippen LogP contribution in [0.25, 0.3) is 0 Å². The summed E-state index contributed by atoms with van der Waals surface area (Å²) in [6.07, 6.45) is 28.4. The van der Waals surface area contributed by atoms with Crippen LogP contribution in [0.2, 0.25) is 0 Å². The minimum absolute atomic E-state index is 0.146. The Labute approximate surface area is 434 Å². The number of hydrogen-bond acceptors (Lipinski definition) is 15. The van der Waals surface area contributed by atoms with Gasteiger partial charge in [-0.2, -0.15) is 0 Å². The average Bonchev–Trinajstić information content (AvgIpc) is 3.37. The maximum absolute atomic E-state index is 13.0. The highest BCUT2D eigenvalue weighted by Gasteiger charge is 2.47. The molecule has 0 radical (unpaired) electrons. The van der Waals surface area contributed by atoms with Crippen LogP contribution in [0.15, 0.2) is 30.0 Å². The van der Waals surface area contributed by atoms with Gasteiger partial charge in [0, 0.05) is 12.8 Å². The lowest BCUT2D eigenvalue weighted by Crippen LogP contribution is -2.61. The van der Waals surface area contributed by atoms with E-state index in [0.717, 1.165) is 57.8 Å². The Balaban J connectivity index is 1.75. The summed E-state index contributed by atoms with van der Waals surface area (Å²) in [4.78, 5) is 25.8. The van der Waals surface area contributed by atoms with Crippen LogP contribution in [0.5, 0.6) is 0 Å². The summed E-state index contributed by atoms with van der Waals surface area (Å²) in [5.41, 5.74) is 3.29. The van der Waals surface area contributed by atoms with Crippen molar-refractivity contribution in [2.24, 2.45) is 0 Å². The molecule has 2 aliphatic rings. The SMILES string of the molecule is CCCCCCCC=C=CCCCCCCCC(=O)O[C@@H](COC(=O)CCCCCCCCCCCCC/C=C/CCCCCCCC)CO[C@@H]1O[C@H](CO[C@@H]2O[C@H](CO)[C@H](O)C(O)C2O)[C@H](O)C(O)C1O. The van der Waals surface area contributed by atoms with E-state index in [2.05, 4.69) is 43.9 Å². The van der Waals surface area contributed by atoms with Gasteiger partial charge in [-0.15, -0.1) is 5.73 Å². The molecule has 0 aliphatic carbocycles. The molecule has 2 rings (SSSR count). The van der Waals surface area contributed by atoms with Gasteiger partial charge in [0.1, 0.15) is 55.4 Å². The highest BCUT2D eigenvalue weighted by atomic mass is 16.7. The van der Waals surface area contributed by atoms with E-state index < -0.39 is 92.7 Å². The van der Waals surface area contributed by atoms with Crippen molar-refractivity contribution in [3.8, 4) is 0 Å². The lowest BCUT2D eigenvalue weighted by molar-refractivity contribution is -0.332. The molecule has 0 saturated carbocycles. The highest BCUT2D eigenvalue weighted by Crippen LogP contribution is 2.27. The number of carbonyl (C=O) groups excluding carboxylic acids is 2. The fraction of sp³-hybridized carbons (Fsp3) is 0.877. The van der Waals surface area contributed by atoms with Crippen LogP contribution in [0.3, 0.4) is 0 Å². The highest BCUT2D eigenvalue weighted by molar-refractivity contribution is 5.70. The number of hydrogen-bond donors (Lipinski definition) is 7. The molecule has 0 spiro atoms. The van der Waals surface area contributed by atoms with E-state index in [1.807, 2.05) is 0 Å². The van der Waals surface area contributed by atoms with Crippen LogP contribution in [0, 0.1) is 0 Å². The van der Waals surface area contributed by atoms with Gasteiger partial charge < -0.3 is 64.2 Å². The van der Waals surface area contributed by atoms with Crippen LogP contribution >= 0.6 is 0 Å². The minimum Gasteiger partial charge on any atom is -0.462 e. The second kappa shape index (κ2) is 43.9. The van der Waals surface area contributed by atoms with E-state index in [-0.39, 0.29) is 26.1 Å². The van der Waals surface area contributed by atoms with E-state index in [1.54, 1.807) is 0 Å². The maximum atomic E-state index is 13.0. The number of esters is 2. The largest absolute Gasteiger partial charge is 0.462 e. The normalized spacial score (nSPS) is 24.8. The molecule has 2 heterocycles. The van der Waals surface area contributed by atoms with Gasteiger partial charge >= 0.3 is 11.9 Å². The number of ether oxygens (including phenoxy) is 6. The second-order valence-electron chi connectivity index (χ2n) is 20.2. The van der Waals surface area contributed by atoms with Gasteiger partial charge in [0.25, 0.3) is 0 Å². The summed E-state index contributed by atoms with van der Waals surface area (Å²) in [6, 6.07) is 0. The molecular weight excluding hydrogens is 925 g/mol. The lowest BCUT2D eigenvalue weighted by Gasteiger charge is -2.42.